The van der Waals surface area contributed by atoms with Crippen molar-refractivity contribution in [1.82, 2.24) is 5.43 Å². The topological polar surface area (TPSA) is 137 Å². The Kier molecular flexibility index (Phi) is 5.58. The first-order valence-corrected chi connectivity index (χ1v) is 7.18. The molecular weight excluding hydrogens is 348 g/mol. The number of hydrazone groups is 1. The summed E-state index contributed by atoms with van der Waals surface area (Å²) in [6.45, 7) is 0. The number of aromatic hydroxyl groups is 1. The van der Waals surface area contributed by atoms with E-state index in [2.05, 4.69) is 15.8 Å². The molecule has 2 aromatic carbocycles. The third-order valence-electron chi connectivity index (χ3n) is 2.96. The number of nitrogens with one attached hydrogen (secondary N) is 2. The number of hydrogen-bond acceptors (Lipinski definition) is 6. The highest BCUT2D eigenvalue weighted by Gasteiger charge is 2.09. The Morgan fingerprint density at radius 2 is 2.04 bits per heavy atom. The highest BCUT2D eigenvalue weighted by molar-refractivity contribution is 7.80. The number of nitro groups is 1. The van der Waals surface area contributed by atoms with Gasteiger partial charge in [0.25, 0.3) is 5.69 Å². The molecule has 0 aliphatic rings. The Morgan fingerprint density at radius 1 is 1.28 bits per heavy atom. The molecule has 0 aliphatic carbocycles. The molecule has 0 spiro atoms. The number of benzene rings is 2. The molecule has 0 aromatic heterocycles. The minimum atomic E-state index is -1.07. The lowest BCUT2D eigenvalue weighted by molar-refractivity contribution is -0.384. The fourth-order valence-electron chi connectivity index (χ4n) is 1.81. The van der Waals surface area contributed by atoms with Gasteiger partial charge in [-0.2, -0.15) is 5.10 Å². The number of carboxylic acids is 1. The van der Waals surface area contributed by atoms with E-state index in [1.165, 1.54) is 30.5 Å². The van der Waals surface area contributed by atoms with Gasteiger partial charge in [-0.3, -0.25) is 15.5 Å². The van der Waals surface area contributed by atoms with Crippen molar-refractivity contribution >= 4 is 40.9 Å². The highest BCUT2D eigenvalue weighted by Crippen LogP contribution is 2.21. The molecule has 0 radical (unpaired) electrons. The zero-order valence-corrected chi connectivity index (χ0v) is 13.4. The predicted octanol–water partition coefficient (Wildman–Crippen LogP) is 2.32. The number of nitro benzene ring substituents is 1. The number of anilines is 1. The van der Waals surface area contributed by atoms with E-state index in [9.17, 15) is 20.0 Å². The van der Waals surface area contributed by atoms with Gasteiger partial charge in [-0.25, -0.2) is 4.79 Å². The minimum Gasteiger partial charge on any atom is -0.507 e. The molecule has 9 nitrogen and oxygen atoms in total. The maximum atomic E-state index is 10.9. The summed E-state index contributed by atoms with van der Waals surface area (Å²) in [5.41, 5.74) is 2.96. The molecule has 0 heterocycles. The van der Waals surface area contributed by atoms with E-state index in [1.54, 1.807) is 12.1 Å². The first-order chi connectivity index (χ1) is 11.9. The number of thiocarbonyl (C=S) groups is 1. The largest absolute Gasteiger partial charge is 0.507 e. The summed E-state index contributed by atoms with van der Waals surface area (Å²) in [6.07, 6.45) is 1.17. The number of nitrogens with zero attached hydrogens (tertiary/aromatic N) is 2. The van der Waals surface area contributed by atoms with Crippen molar-refractivity contribution in [1.29, 1.82) is 0 Å². The van der Waals surface area contributed by atoms with Gasteiger partial charge in [-0.1, -0.05) is 6.07 Å². The van der Waals surface area contributed by atoms with Crippen LogP contribution >= 0.6 is 12.2 Å². The Balaban J connectivity index is 2.01. The Bertz CT molecular complexity index is 869. The van der Waals surface area contributed by atoms with Gasteiger partial charge in [0.15, 0.2) is 5.11 Å². The molecule has 0 amide bonds. The van der Waals surface area contributed by atoms with Gasteiger partial charge in [0.1, 0.15) is 5.75 Å². The summed E-state index contributed by atoms with van der Waals surface area (Å²) in [6, 6.07) is 9.53. The molecule has 2 aromatic rings. The van der Waals surface area contributed by atoms with Crippen LogP contribution in [0.15, 0.2) is 47.6 Å². The van der Waals surface area contributed by atoms with Gasteiger partial charge in [-0.15, -0.1) is 0 Å². The number of carbonyl (C=O) groups is 1. The van der Waals surface area contributed by atoms with Crippen molar-refractivity contribution in [3.8, 4) is 5.75 Å². The van der Waals surface area contributed by atoms with E-state index in [-0.39, 0.29) is 27.7 Å². The second-order valence-corrected chi connectivity index (χ2v) is 5.12. The fourth-order valence-corrected chi connectivity index (χ4v) is 1.98. The molecule has 128 valence electrons. The van der Waals surface area contributed by atoms with Crippen LogP contribution in [0.25, 0.3) is 0 Å². The Morgan fingerprint density at radius 3 is 2.72 bits per heavy atom. The van der Waals surface area contributed by atoms with Gasteiger partial charge >= 0.3 is 5.97 Å². The molecule has 0 aliphatic heterocycles. The van der Waals surface area contributed by atoms with Crippen LogP contribution in [-0.4, -0.2) is 32.4 Å². The molecule has 2 rings (SSSR count). The highest BCUT2D eigenvalue weighted by atomic mass is 32.1. The standard InChI is InChI=1S/C15H12N4O5S/c20-13-5-4-12(19(23)24)7-10(13)8-16-18-15(25)17-11-3-1-2-9(6-11)14(21)22/h1-8,20H,(H,21,22)(H2,17,18,25)/b16-8+. The molecule has 0 unspecified atom stereocenters. The number of phenolic OH excluding ortho intramolecular Hbond substituents is 1. The fraction of sp³-hybridized carbons (Fsp3) is 0. The first kappa shape index (κ1) is 17.8. The van der Waals surface area contributed by atoms with Gasteiger partial charge in [0.2, 0.25) is 0 Å². The van der Waals surface area contributed by atoms with E-state index >= 15 is 0 Å². The third kappa shape index (κ3) is 4.97. The van der Waals surface area contributed by atoms with Crippen LogP contribution in [0.5, 0.6) is 5.75 Å². The summed E-state index contributed by atoms with van der Waals surface area (Å²) >= 11 is 5.01. The SMILES string of the molecule is O=C(O)c1cccc(NC(=S)N/N=C/c2cc([N+](=O)[O-])ccc2O)c1. The number of non-ortho nitro benzene ring substituents is 1. The monoisotopic (exact) mass is 360 g/mol. The molecule has 10 heteroatoms. The summed E-state index contributed by atoms with van der Waals surface area (Å²) in [7, 11) is 0. The average Bonchev–Trinajstić information content (AvgIpc) is 2.56. The summed E-state index contributed by atoms with van der Waals surface area (Å²) < 4.78 is 0. The summed E-state index contributed by atoms with van der Waals surface area (Å²) in [4.78, 5) is 21.0. The van der Waals surface area contributed by atoms with Crippen molar-refractivity contribution in [3.05, 3.63) is 63.7 Å². The maximum Gasteiger partial charge on any atom is 0.335 e. The van der Waals surface area contributed by atoms with Crippen molar-refractivity contribution in [2.24, 2.45) is 5.10 Å². The molecule has 4 N–H and O–H groups in total. The maximum absolute atomic E-state index is 10.9. The van der Waals surface area contributed by atoms with Crippen LogP contribution in [-0.2, 0) is 0 Å². The van der Waals surface area contributed by atoms with Gasteiger partial charge < -0.3 is 15.5 Å². The lowest BCUT2D eigenvalue weighted by Crippen LogP contribution is -2.24. The van der Waals surface area contributed by atoms with Crippen molar-refractivity contribution < 1.29 is 19.9 Å². The number of hydrogen-bond donors (Lipinski definition) is 4. The van der Waals surface area contributed by atoms with Crippen LogP contribution in [0.2, 0.25) is 0 Å². The van der Waals surface area contributed by atoms with E-state index in [1.807, 2.05) is 0 Å². The van der Waals surface area contributed by atoms with Gasteiger partial charge in [0, 0.05) is 23.4 Å². The lowest BCUT2D eigenvalue weighted by atomic mass is 10.2. The molecule has 0 atom stereocenters. The average molecular weight is 360 g/mol. The van der Waals surface area contributed by atoms with Crippen molar-refractivity contribution in [3.63, 3.8) is 0 Å². The van der Waals surface area contributed by atoms with Crippen LogP contribution in [0.3, 0.4) is 0 Å². The molecule has 25 heavy (non-hydrogen) atoms. The molecule has 0 fully saturated rings. The Labute approximate surface area is 146 Å². The molecule has 0 bridgehead atoms. The second-order valence-electron chi connectivity index (χ2n) is 4.71. The van der Waals surface area contributed by atoms with Crippen LogP contribution in [0, 0.1) is 10.1 Å². The minimum absolute atomic E-state index is 0.0729. The van der Waals surface area contributed by atoms with Crippen LogP contribution in [0.4, 0.5) is 11.4 Å². The molecule has 0 saturated carbocycles. The third-order valence-corrected chi connectivity index (χ3v) is 3.15. The molecular formula is C15H12N4O5S. The van der Waals surface area contributed by atoms with Crippen LogP contribution < -0.4 is 10.7 Å². The zero-order chi connectivity index (χ0) is 18.4. The zero-order valence-electron chi connectivity index (χ0n) is 12.5. The van der Waals surface area contributed by atoms with Crippen LogP contribution in [0.1, 0.15) is 15.9 Å². The number of phenols is 1. The normalized spacial score (nSPS) is 10.4. The lowest BCUT2D eigenvalue weighted by Gasteiger charge is -2.07. The number of rotatable bonds is 5. The number of aromatic carboxylic acids is 1. The van der Waals surface area contributed by atoms with Crippen molar-refractivity contribution in [2.75, 3.05) is 5.32 Å². The van der Waals surface area contributed by atoms with E-state index in [0.717, 1.165) is 6.07 Å². The summed E-state index contributed by atoms with van der Waals surface area (Å²) in [5.74, 6) is -1.24. The Hall–Kier alpha value is -3.53. The van der Waals surface area contributed by atoms with E-state index < -0.39 is 10.9 Å². The smallest absolute Gasteiger partial charge is 0.335 e. The van der Waals surface area contributed by atoms with Gasteiger partial charge in [-0.05, 0) is 36.5 Å². The molecule has 0 saturated heterocycles. The van der Waals surface area contributed by atoms with Crippen molar-refractivity contribution in [2.45, 2.75) is 0 Å². The first-order valence-electron chi connectivity index (χ1n) is 6.77. The predicted molar refractivity (Wildman–Crippen MR) is 95.1 cm³/mol. The quantitative estimate of drug-likeness (QED) is 0.276. The number of carboxylic acid groups (broad SMARTS) is 1. The van der Waals surface area contributed by atoms with Gasteiger partial charge in [0.05, 0.1) is 16.7 Å². The van der Waals surface area contributed by atoms with E-state index in [4.69, 9.17) is 17.3 Å². The van der Waals surface area contributed by atoms with E-state index in [0.29, 0.717) is 5.69 Å². The summed E-state index contributed by atoms with van der Waals surface area (Å²) in [5, 5.41) is 35.9. The second kappa shape index (κ2) is 7.84.